The number of carbonyl (C=O) groups is 1. The maximum absolute atomic E-state index is 13.4. The molecule has 0 aliphatic carbocycles. The van der Waals surface area contributed by atoms with Crippen LogP contribution in [-0.2, 0) is 13.2 Å². The number of rotatable bonds is 7. The lowest BCUT2D eigenvalue weighted by Crippen LogP contribution is -2.26. The average molecular weight is 440 g/mol. The van der Waals surface area contributed by atoms with Gasteiger partial charge in [-0.1, -0.05) is 18.2 Å². The lowest BCUT2D eigenvalue weighted by molar-refractivity contribution is 0.0770. The van der Waals surface area contributed by atoms with Gasteiger partial charge in [0.2, 0.25) is 0 Å². The third-order valence-electron chi connectivity index (χ3n) is 4.54. The molecular formula is C23H18F2N2O3S. The van der Waals surface area contributed by atoms with Crippen molar-refractivity contribution < 1.29 is 22.7 Å². The quantitative estimate of drug-likeness (QED) is 0.379. The first kappa shape index (κ1) is 20.7. The number of hydrogen-bond acceptors (Lipinski definition) is 5. The van der Waals surface area contributed by atoms with E-state index in [0.717, 1.165) is 12.1 Å². The fraction of sp³-hybridized carbons (Fsp3) is 0.130. The molecule has 0 saturated carbocycles. The maximum atomic E-state index is 13.4. The van der Waals surface area contributed by atoms with Crippen LogP contribution in [0.2, 0.25) is 0 Å². The summed E-state index contributed by atoms with van der Waals surface area (Å²) < 4.78 is 37.7. The highest BCUT2D eigenvalue weighted by molar-refractivity contribution is 7.13. The molecule has 0 fully saturated rings. The summed E-state index contributed by atoms with van der Waals surface area (Å²) in [6.07, 6.45) is 1.56. The topological polar surface area (TPSA) is 55.6 Å². The van der Waals surface area contributed by atoms with Crippen LogP contribution in [0.1, 0.15) is 21.8 Å². The van der Waals surface area contributed by atoms with Crippen LogP contribution in [0.3, 0.4) is 0 Å². The fourth-order valence-corrected chi connectivity index (χ4v) is 3.78. The number of nitrogens with zero attached hydrogens (tertiary/aromatic N) is 2. The van der Waals surface area contributed by atoms with E-state index in [0.29, 0.717) is 39.9 Å². The molecule has 4 aromatic rings. The first-order valence-corrected chi connectivity index (χ1v) is 10.3. The van der Waals surface area contributed by atoms with Crippen LogP contribution in [0.5, 0.6) is 5.75 Å². The lowest BCUT2D eigenvalue weighted by atomic mass is 10.2. The van der Waals surface area contributed by atoms with E-state index in [1.54, 1.807) is 43.0 Å². The van der Waals surface area contributed by atoms with Crippen molar-refractivity contribution in [3.8, 4) is 16.3 Å². The van der Waals surface area contributed by atoms with Gasteiger partial charge >= 0.3 is 0 Å². The average Bonchev–Trinajstić information content (AvgIpc) is 3.46. The molecule has 0 spiro atoms. The standard InChI is InChI=1S/C23H18F2N2O3S/c1-27(12-16-5-4-10-29-16)23(28)20-14-31-22(26-20)17-6-2-3-7-21(17)30-13-15-8-9-18(24)19(25)11-15/h2-11,14H,12-13H2,1H3. The molecule has 2 heterocycles. The van der Waals surface area contributed by atoms with Gasteiger partial charge in [0, 0.05) is 12.4 Å². The zero-order valence-corrected chi connectivity index (χ0v) is 17.4. The van der Waals surface area contributed by atoms with E-state index in [2.05, 4.69) is 4.98 Å². The number of thiazole rings is 1. The Balaban J connectivity index is 1.49. The zero-order valence-electron chi connectivity index (χ0n) is 16.5. The molecule has 158 valence electrons. The zero-order chi connectivity index (χ0) is 21.8. The van der Waals surface area contributed by atoms with Crippen molar-refractivity contribution in [2.75, 3.05) is 7.05 Å². The van der Waals surface area contributed by atoms with Gasteiger partial charge in [-0.3, -0.25) is 4.79 Å². The maximum Gasteiger partial charge on any atom is 0.273 e. The summed E-state index contributed by atoms with van der Waals surface area (Å²) in [5.74, 6) is -0.830. The molecule has 5 nitrogen and oxygen atoms in total. The predicted octanol–water partition coefficient (Wildman–Crippen LogP) is 5.53. The van der Waals surface area contributed by atoms with E-state index >= 15 is 0 Å². The number of aromatic nitrogens is 1. The molecule has 4 rings (SSSR count). The summed E-state index contributed by atoms with van der Waals surface area (Å²) in [7, 11) is 1.68. The van der Waals surface area contributed by atoms with Crippen LogP contribution < -0.4 is 4.74 Å². The number of hydrogen-bond donors (Lipinski definition) is 0. The van der Waals surface area contributed by atoms with E-state index in [-0.39, 0.29) is 12.5 Å². The Bertz CT molecular complexity index is 1190. The summed E-state index contributed by atoms with van der Waals surface area (Å²) in [4.78, 5) is 18.7. The monoisotopic (exact) mass is 440 g/mol. The molecule has 8 heteroatoms. The molecule has 2 aromatic carbocycles. The minimum Gasteiger partial charge on any atom is -0.488 e. The van der Waals surface area contributed by atoms with Crippen molar-refractivity contribution in [2.45, 2.75) is 13.2 Å². The van der Waals surface area contributed by atoms with Crippen LogP contribution in [0.4, 0.5) is 8.78 Å². The van der Waals surface area contributed by atoms with Gasteiger partial charge in [-0.15, -0.1) is 11.3 Å². The van der Waals surface area contributed by atoms with E-state index in [1.807, 2.05) is 12.1 Å². The summed E-state index contributed by atoms with van der Waals surface area (Å²) in [6, 6.07) is 14.5. The first-order chi connectivity index (χ1) is 15.0. The third-order valence-corrected chi connectivity index (χ3v) is 5.41. The Morgan fingerprint density at radius 2 is 1.97 bits per heavy atom. The molecule has 0 aliphatic rings. The van der Waals surface area contributed by atoms with Gasteiger partial charge in [-0.05, 0) is 42.0 Å². The van der Waals surface area contributed by atoms with Crippen LogP contribution in [-0.4, -0.2) is 22.8 Å². The summed E-state index contributed by atoms with van der Waals surface area (Å²) in [6.45, 7) is 0.407. The number of carbonyl (C=O) groups excluding carboxylic acids is 1. The van der Waals surface area contributed by atoms with Crippen molar-refractivity contribution >= 4 is 17.2 Å². The Labute approximate surface area is 181 Å². The normalized spacial score (nSPS) is 10.8. The number of benzene rings is 2. The first-order valence-electron chi connectivity index (χ1n) is 9.41. The van der Waals surface area contributed by atoms with E-state index in [4.69, 9.17) is 9.15 Å². The molecular weight excluding hydrogens is 422 g/mol. The molecule has 2 aromatic heterocycles. The Morgan fingerprint density at radius 1 is 1.13 bits per heavy atom. The largest absolute Gasteiger partial charge is 0.488 e. The molecule has 0 unspecified atom stereocenters. The molecule has 1 amide bonds. The molecule has 0 saturated heterocycles. The van der Waals surface area contributed by atoms with Crippen molar-refractivity contribution in [3.63, 3.8) is 0 Å². The molecule has 0 bridgehead atoms. The summed E-state index contributed by atoms with van der Waals surface area (Å²) in [5, 5.41) is 2.32. The van der Waals surface area contributed by atoms with Crippen LogP contribution in [0.25, 0.3) is 10.6 Å². The summed E-state index contributed by atoms with van der Waals surface area (Å²) >= 11 is 1.32. The Hall–Kier alpha value is -3.52. The molecule has 31 heavy (non-hydrogen) atoms. The molecule has 0 N–H and O–H groups in total. The summed E-state index contributed by atoms with van der Waals surface area (Å²) in [5.41, 5.74) is 1.54. The van der Waals surface area contributed by atoms with E-state index in [9.17, 15) is 13.6 Å². The second-order valence-corrected chi connectivity index (χ2v) is 7.67. The smallest absolute Gasteiger partial charge is 0.273 e. The van der Waals surface area contributed by atoms with Gasteiger partial charge in [0.15, 0.2) is 11.6 Å². The van der Waals surface area contributed by atoms with Gasteiger partial charge in [0.05, 0.1) is 18.4 Å². The van der Waals surface area contributed by atoms with Gasteiger partial charge in [-0.2, -0.15) is 0 Å². The van der Waals surface area contributed by atoms with Crippen LogP contribution in [0.15, 0.2) is 70.7 Å². The number of furan rings is 1. The minimum atomic E-state index is -0.920. The number of para-hydroxylation sites is 1. The predicted molar refractivity (Wildman–Crippen MR) is 113 cm³/mol. The van der Waals surface area contributed by atoms with Gasteiger partial charge in [0.1, 0.15) is 28.8 Å². The van der Waals surface area contributed by atoms with Crippen LogP contribution in [0, 0.1) is 11.6 Å². The van der Waals surface area contributed by atoms with E-state index in [1.165, 1.54) is 22.3 Å². The second-order valence-electron chi connectivity index (χ2n) is 6.81. The van der Waals surface area contributed by atoms with Gasteiger partial charge in [0.25, 0.3) is 5.91 Å². The lowest BCUT2D eigenvalue weighted by Gasteiger charge is -2.14. The fourth-order valence-electron chi connectivity index (χ4n) is 2.96. The third kappa shape index (κ3) is 4.80. The van der Waals surface area contributed by atoms with Crippen molar-refractivity contribution in [3.05, 3.63) is 94.9 Å². The Morgan fingerprint density at radius 3 is 2.74 bits per heavy atom. The number of amides is 1. The highest BCUT2D eigenvalue weighted by Gasteiger charge is 2.18. The van der Waals surface area contributed by atoms with Crippen LogP contribution >= 0.6 is 11.3 Å². The van der Waals surface area contributed by atoms with Gasteiger partial charge < -0.3 is 14.1 Å². The molecule has 0 atom stereocenters. The second kappa shape index (κ2) is 9.09. The number of halogens is 2. The SMILES string of the molecule is CN(Cc1ccco1)C(=O)c1csc(-c2ccccc2OCc2ccc(F)c(F)c2)n1. The highest BCUT2D eigenvalue weighted by Crippen LogP contribution is 2.33. The van der Waals surface area contributed by atoms with Crippen molar-refractivity contribution in [1.82, 2.24) is 9.88 Å². The molecule has 0 radical (unpaired) electrons. The number of ether oxygens (including phenoxy) is 1. The Kier molecular flexibility index (Phi) is 6.08. The minimum absolute atomic E-state index is 0.0667. The van der Waals surface area contributed by atoms with Crippen molar-refractivity contribution in [2.24, 2.45) is 0 Å². The van der Waals surface area contributed by atoms with E-state index < -0.39 is 11.6 Å². The van der Waals surface area contributed by atoms with Gasteiger partial charge in [-0.25, -0.2) is 13.8 Å². The molecule has 0 aliphatic heterocycles. The highest BCUT2D eigenvalue weighted by atomic mass is 32.1. The van der Waals surface area contributed by atoms with Crippen molar-refractivity contribution in [1.29, 1.82) is 0 Å².